The van der Waals surface area contributed by atoms with E-state index >= 15 is 0 Å². The third kappa shape index (κ3) is 9.21. The van der Waals surface area contributed by atoms with Crippen molar-refractivity contribution in [3.63, 3.8) is 0 Å². The second-order valence-corrected chi connectivity index (χ2v) is 11.3. The number of likely N-dealkylation sites (tertiary alicyclic amines) is 1. The number of ether oxygens (including phenoxy) is 2. The second-order valence-electron chi connectivity index (χ2n) is 10.5. The van der Waals surface area contributed by atoms with Gasteiger partial charge in [0.25, 0.3) is 5.91 Å². The zero-order chi connectivity index (χ0) is 29.3. The van der Waals surface area contributed by atoms with E-state index in [2.05, 4.69) is 29.4 Å². The van der Waals surface area contributed by atoms with Gasteiger partial charge in [-0.15, -0.1) is 0 Å². The van der Waals surface area contributed by atoms with Crippen molar-refractivity contribution in [2.75, 3.05) is 20.3 Å². The van der Waals surface area contributed by atoms with E-state index in [4.69, 9.17) is 39.0 Å². The zero-order valence-corrected chi connectivity index (χ0v) is 25.1. The number of thiocarbonyl (C=S) groups is 1. The number of hydrogen-bond acceptors (Lipinski definition) is 6. The molecule has 1 saturated heterocycles. The monoisotopic (exact) mass is 586 g/mol. The van der Waals surface area contributed by atoms with Crippen LogP contribution in [0.15, 0.2) is 60.7 Å². The number of nitrogens with one attached hydrogen (secondary N) is 1. The fourth-order valence-electron chi connectivity index (χ4n) is 4.57. The maximum absolute atomic E-state index is 12.6. The first-order chi connectivity index (χ1) is 19.0. The lowest BCUT2D eigenvalue weighted by Crippen LogP contribution is -2.55. The number of carbonyl (C=O) groups excluding carboxylic acids is 2. The average molecular weight is 587 g/mol. The molecule has 0 radical (unpaired) electrons. The van der Waals surface area contributed by atoms with E-state index in [0.29, 0.717) is 23.1 Å². The number of hydrazine groups is 1. The lowest BCUT2D eigenvalue weighted by molar-refractivity contribution is -0.143. The van der Waals surface area contributed by atoms with Crippen molar-refractivity contribution in [1.29, 1.82) is 0 Å². The summed E-state index contributed by atoms with van der Waals surface area (Å²) in [5, 5.41) is 2.85. The van der Waals surface area contributed by atoms with Crippen LogP contribution in [0.3, 0.4) is 0 Å². The summed E-state index contributed by atoms with van der Waals surface area (Å²) < 4.78 is 10.7. The number of carbonyl (C=O) groups is 2. The molecular weight excluding hydrogens is 548 g/mol. The highest BCUT2D eigenvalue weighted by Gasteiger charge is 2.31. The topological polar surface area (TPSA) is 97.1 Å². The van der Waals surface area contributed by atoms with E-state index in [1.54, 1.807) is 19.0 Å². The molecule has 0 unspecified atom stereocenters. The largest absolute Gasteiger partial charge is 0.497 e. The Morgan fingerprint density at radius 3 is 2.62 bits per heavy atom. The molecule has 40 heavy (non-hydrogen) atoms. The van der Waals surface area contributed by atoms with Crippen LogP contribution in [0.5, 0.6) is 5.75 Å². The summed E-state index contributed by atoms with van der Waals surface area (Å²) in [5.74, 6) is 0.0999. The van der Waals surface area contributed by atoms with Crippen LogP contribution in [0.1, 0.15) is 44.7 Å². The first kappa shape index (κ1) is 31.4. The van der Waals surface area contributed by atoms with Gasteiger partial charge in [-0.25, -0.2) is 0 Å². The fraction of sp³-hybridized carbons (Fsp3) is 0.433. The lowest BCUT2D eigenvalue weighted by atomic mass is 9.83. The van der Waals surface area contributed by atoms with Crippen LogP contribution in [0.2, 0.25) is 5.02 Å². The van der Waals surface area contributed by atoms with Gasteiger partial charge in [0.05, 0.1) is 19.7 Å². The molecule has 3 atom stereocenters. The summed E-state index contributed by atoms with van der Waals surface area (Å²) in [6, 6.07) is 14.6. The molecule has 3 rings (SSSR count). The summed E-state index contributed by atoms with van der Waals surface area (Å²) in [5.41, 5.74) is 10.3. The van der Waals surface area contributed by atoms with Gasteiger partial charge >= 0.3 is 5.97 Å². The van der Waals surface area contributed by atoms with Gasteiger partial charge in [0.1, 0.15) is 12.4 Å². The van der Waals surface area contributed by atoms with E-state index in [9.17, 15) is 9.59 Å². The van der Waals surface area contributed by atoms with Crippen molar-refractivity contribution in [2.45, 2.75) is 58.7 Å². The van der Waals surface area contributed by atoms with Crippen LogP contribution in [0.4, 0.5) is 0 Å². The molecule has 0 aliphatic carbocycles. The number of nitrogens with two attached hydrogens (primary N) is 1. The molecule has 3 N–H and O–H groups in total. The molecule has 10 heteroatoms. The Balaban J connectivity index is 1.82. The molecule has 1 heterocycles. The normalized spacial score (nSPS) is 17.2. The Hall–Kier alpha value is -3.14. The molecule has 0 saturated carbocycles. The predicted octanol–water partition coefficient (Wildman–Crippen LogP) is 4.65. The quantitative estimate of drug-likeness (QED) is 0.180. The third-order valence-corrected chi connectivity index (χ3v) is 7.45. The highest BCUT2D eigenvalue weighted by atomic mass is 35.5. The van der Waals surface area contributed by atoms with Crippen molar-refractivity contribution in [1.82, 2.24) is 15.3 Å². The zero-order valence-electron chi connectivity index (χ0n) is 23.6. The van der Waals surface area contributed by atoms with Crippen LogP contribution in [0.25, 0.3) is 0 Å². The minimum atomic E-state index is -0.691. The summed E-state index contributed by atoms with van der Waals surface area (Å²) in [6.07, 6.45) is 6.72. The van der Waals surface area contributed by atoms with E-state index in [0.717, 1.165) is 36.3 Å². The Bertz CT molecular complexity index is 1210. The minimum absolute atomic E-state index is 0.00841. The summed E-state index contributed by atoms with van der Waals surface area (Å²) in [6.45, 7) is 6.45. The highest BCUT2D eigenvalue weighted by molar-refractivity contribution is 7.80. The van der Waals surface area contributed by atoms with Crippen LogP contribution in [-0.4, -0.2) is 59.2 Å². The third-order valence-electron chi connectivity index (χ3n) is 6.76. The van der Waals surface area contributed by atoms with Gasteiger partial charge in [-0.05, 0) is 73.8 Å². The van der Waals surface area contributed by atoms with Gasteiger partial charge in [0.2, 0.25) is 0 Å². The minimum Gasteiger partial charge on any atom is -0.497 e. The standard InChI is InChI=1S/C30H39ClN4O4S/c1-21(32)28(37)33-35(19-23-10-12-27(38-4)13-11-23)29(40)34-16-6-9-26(34)14-15-30(3,20-39-22(2)36)18-24-7-5-8-25(31)17-24/h5,7-8,10-15,17,21,26H,6,9,16,18-20,32H2,1-4H3,(H,33,37)/t21-,26-,30-/m0/s1. The van der Waals surface area contributed by atoms with Crippen LogP contribution in [-0.2, 0) is 27.3 Å². The van der Waals surface area contributed by atoms with E-state index in [-0.39, 0.29) is 24.5 Å². The smallest absolute Gasteiger partial charge is 0.302 e. The number of hydrogen-bond donors (Lipinski definition) is 2. The maximum Gasteiger partial charge on any atom is 0.302 e. The van der Waals surface area contributed by atoms with Crippen LogP contribution >= 0.6 is 23.8 Å². The summed E-state index contributed by atoms with van der Waals surface area (Å²) in [7, 11) is 1.62. The SMILES string of the molecule is COc1ccc(CN(NC(=O)[C@H](C)N)C(=S)N2CCC[C@H]2C=C[C@](C)(COC(C)=O)Cc2cccc(Cl)c2)cc1. The van der Waals surface area contributed by atoms with Gasteiger partial charge in [0, 0.05) is 29.9 Å². The van der Waals surface area contributed by atoms with E-state index < -0.39 is 11.5 Å². The summed E-state index contributed by atoms with van der Waals surface area (Å²) in [4.78, 5) is 26.3. The number of amides is 1. The van der Waals surface area contributed by atoms with Gasteiger partial charge < -0.3 is 20.1 Å². The van der Waals surface area contributed by atoms with Crippen LogP contribution in [0, 0.1) is 5.41 Å². The lowest BCUT2D eigenvalue weighted by Gasteiger charge is -2.35. The predicted molar refractivity (Wildman–Crippen MR) is 162 cm³/mol. The Morgan fingerprint density at radius 1 is 1.27 bits per heavy atom. The average Bonchev–Trinajstić information content (AvgIpc) is 3.39. The Labute approximate surface area is 247 Å². The van der Waals surface area contributed by atoms with Crippen molar-refractivity contribution in [2.24, 2.45) is 11.1 Å². The molecule has 0 aromatic heterocycles. The molecule has 216 valence electrons. The van der Waals surface area contributed by atoms with E-state index in [1.807, 2.05) is 48.5 Å². The van der Waals surface area contributed by atoms with Gasteiger partial charge in [-0.1, -0.05) is 54.9 Å². The van der Waals surface area contributed by atoms with Gasteiger partial charge in [-0.3, -0.25) is 20.0 Å². The maximum atomic E-state index is 12.6. The number of rotatable bonds is 10. The second kappa shape index (κ2) is 14.5. The van der Waals surface area contributed by atoms with Gasteiger partial charge in [0.15, 0.2) is 5.11 Å². The molecular formula is C30H39ClN4O4S. The molecule has 0 spiro atoms. The van der Waals surface area contributed by atoms with Crippen molar-refractivity contribution >= 4 is 40.8 Å². The number of halogens is 1. The van der Waals surface area contributed by atoms with Crippen LogP contribution < -0.4 is 15.9 Å². The fourth-order valence-corrected chi connectivity index (χ4v) is 5.12. The van der Waals surface area contributed by atoms with Crippen molar-refractivity contribution in [3.05, 3.63) is 76.8 Å². The first-order valence-corrected chi connectivity index (χ1v) is 14.1. The summed E-state index contributed by atoms with van der Waals surface area (Å²) >= 11 is 12.2. The molecule has 1 fully saturated rings. The Morgan fingerprint density at radius 2 is 2.00 bits per heavy atom. The van der Waals surface area contributed by atoms with E-state index in [1.165, 1.54) is 6.92 Å². The molecule has 1 aliphatic rings. The number of esters is 1. The molecule has 2 aromatic carbocycles. The highest BCUT2D eigenvalue weighted by Crippen LogP contribution is 2.29. The molecule has 2 aromatic rings. The molecule has 1 amide bonds. The Kier molecular flexibility index (Phi) is 11.4. The molecule has 1 aliphatic heterocycles. The van der Waals surface area contributed by atoms with Gasteiger partial charge in [-0.2, -0.15) is 0 Å². The number of methoxy groups -OCH3 is 1. The van der Waals surface area contributed by atoms with Crippen molar-refractivity contribution in [3.8, 4) is 5.75 Å². The molecule has 0 bridgehead atoms. The van der Waals surface area contributed by atoms with Crippen molar-refractivity contribution < 1.29 is 19.1 Å². The molecule has 8 nitrogen and oxygen atoms in total. The number of benzene rings is 2. The first-order valence-electron chi connectivity index (χ1n) is 13.3. The number of nitrogens with zero attached hydrogens (tertiary/aromatic N) is 2.